The summed E-state index contributed by atoms with van der Waals surface area (Å²) in [5, 5.41) is 17.4. The van der Waals surface area contributed by atoms with Gasteiger partial charge in [-0.15, -0.1) is 0 Å². The maximum absolute atomic E-state index is 11.3. The summed E-state index contributed by atoms with van der Waals surface area (Å²) in [4.78, 5) is 18.8. The summed E-state index contributed by atoms with van der Waals surface area (Å²) in [5.74, 6) is 0.536. The smallest absolute Gasteiger partial charge is 0.353 e. The normalized spacial score (nSPS) is 20.7. The number of hydrogen-bond donors (Lipinski definition) is 2. The van der Waals surface area contributed by atoms with E-state index in [1.807, 2.05) is 13.8 Å². The molecule has 1 aliphatic carbocycles. The number of aromatic nitrogens is 2. The third kappa shape index (κ3) is 3.78. The molecule has 116 valence electrons. The highest BCUT2D eigenvalue weighted by molar-refractivity contribution is 5.69. The van der Waals surface area contributed by atoms with Crippen LogP contribution in [0.15, 0.2) is 6.33 Å². The van der Waals surface area contributed by atoms with Crippen LogP contribution in [-0.4, -0.2) is 40.2 Å². The molecule has 0 saturated heterocycles. The van der Waals surface area contributed by atoms with Crippen LogP contribution < -0.4 is 10.6 Å². The Morgan fingerprint density at radius 3 is 2.71 bits per heavy atom. The monoisotopic (exact) mass is 295 g/mol. The van der Waals surface area contributed by atoms with Crippen LogP contribution in [0, 0.1) is 10.1 Å². The first-order chi connectivity index (χ1) is 10.2. The first kappa shape index (κ1) is 15.4. The average molecular weight is 295 g/mol. The van der Waals surface area contributed by atoms with Crippen LogP contribution in [0.2, 0.25) is 0 Å². The predicted molar refractivity (Wildman–Crippen MR) is 79.5 cm³/mol. The van der Waals surface area contributed by atoms with Gasteiger partial charge in [0.2, 0.25) is 11.6 Å². The number of ether oxygens (including phenoxy) is 1. The zero-order valence-electron chi connectivity index (χ0n) is 12.3. The van der Waals surface area contributed by atoms with Crippen molar-refractivity contribution in [3.63, 3.8) is 0 Å². The zero-order valence-corrected chi connectivity index (χ0v) is 12.3. The molecule has 1 aromatic rings. The van der Waals surface area contributed by atoms with E-state index in [2.05, 4.69) is 20.6 Å². The minimum atomic E-state index is -0.445. The van der Waals surface area contributed by atoms with Crippen molar-refractivity contribution in [3.05, 3.63) is 16.4 Å². The molecule has 0 amide bonds. The standard InChI is InChI=1S/C13H21N5O3/c1-3-5-14-12-11(18(19)20)13(16-8-15-12)17-9-6-10(7-9)21-4-2/h8-10H,3-7H2,1-2H3,(H2,14,15,16,17). The van der Waals surface area contributed by atoms with Crippen molar-refractivity contribution < 1.29 is 9.66 Å². The van der Waals surface area contributed by atoms with Gasteiger partial charge < -0.3 is 15.4 Å². The SMILES string of the molecule is CCCNc1ncnc(NC2CC(OCC)C2)c1[N+](=O)[O-]. The van der Waals surface area contributed by atoms with Gasteiger partial charge in [0.05, 0.1) is 11.0 Å². The fourth-order valence-electron chi connectivity index (χ4n) is 2.28. The van der Waals surface area contributed by atoms with Crippen LogP contribution in [0.3, 0.4) is 0 Å². The van der Waals surface area contributed by atoms with E-state index in [1.165, 1.54) is 6.33 Å². The predicted octanol–water partition coefficient (Wildman–Crippen LogP) is 2.19. The van der Waals surface area contributed by atoms with Gasteiger partial charge in [-0.05, 0) is 26.2 Å². The van der Waals surface area contributed by atoms with E-state index in [4.69, 9.17) is 4.74 Å². The van der Waals surface area contributed by atoms with Crippen molar-refractivity contribution in [2.75, 3.05) is 23.8 Å². The third-order valence-corrected chi connectivity index (χ3v) is 3.39. The lowest BCUT2D eigenvalue weighted by Crippen LogP contribution is -2.41. The quantitative estimate of drug-likeness (QED) is 0.559. The summed E-state index contributed by atoms with van der Waals surface area (Å²) in [6.45, 7) is 5.27. The van der Waals surface area contributed by atoms with Gasteiger partial charge in [0.15, 0.2) is 0 Å². The maximum atomic E-state index is 11.3. The van der Waals surface area contributed by atoms with Gasteiger partial charge in [-0.3, -0.25) is 10.1 Å². The summed E-state index contributed by atoms with van der Waals surface area (Å²) in [7, 11) is 0. The molecule has 0 spiro atoms. The first-order valence-electron chi connectivity index (χ1n) is 7.27. The largest absolute Gasteiger partial charge is 0.378 e. The summed E-state index contributed by atoms with van der Waals surface area (Å²) in [5.41, 5.74) is -0.0918. The number of nitro groups is 1. The molecule has 1 heterocycles. The molecule has 8 heteroatoms. The van der Waals surface area contributed by atoms with Crippen molar-refractivity contribution in [1.29, 1.82) is 0 Å². The Morgan fingerprint density at radius 2 is 2.10 bits per heavy atom. The van der Waals surface area contributed by atoms with Crippen LogP contribution >= 0.6 is 0 Å². The Balaban J connectivity index is 2.06. The molecule has 0 atom stereocenters. The maximum Gasteiger partial charge on any atom is 0.353 e. The van der Waals surface area contributed by atoms with E-state index in [9.17, 15) is 10.1 Å². The second-order valence-electron chi connectivity index (χ2n) is 4.99. The van der Waals surface area contributed by atoms with Gasteiger partial charge in [0.25, 0.3) is 0 Å². The van der Waals surface area contributed by atoms with E-state index < -0.39 is 4.92 Å². The van der Waals surface area contributed by atoms with E-state index in [1.54, 1.807) is 0 Å². The minimum Gasteiger partial charge on any atom is -0.378 e. The number of nitrogens with one attached hydrogen (secondary N) is 2. The van der Waals surface area contributed by atoms with Gasteiger partial charge in [0, 0.05) is 19.2 Å². The average Bonchev–Trinajstić information content (AvgIpc) is 2.42. The van der Waals surface area contributed by atoms with E-state index in [0.29, 0.717) is 13.2 Å². The summed E-state index contributed by atoms with van der Waals surface area (Å²) >= 11 is 0. The second-order valence-corrected chi connectivity index (χ2v) is 4.99. The lowest BCUT2D eigenvalue weighted by Gasteiger charge is -2.35. The Hall–Kier alpha value is -1.96. The lowest BCUT2D eigenvalue weighted by molar-refractivity contribution is -0.383. The van der Waals surface area contributed by atoms with Gasteiger partial charge in [0.1, 0.15) is 6.33 Å². The van der Waals surface area contributed by atoms with Gasteiger partial charge >= 0.3 is 5.69 Å². The van der Waals surface area contributed by atoms with Crippen molar-refractivity contribution in [3.8, 4) is 0 Å². The van der Waals surface area contributed by atoms with Crippen molar-refractivity contribution in [2.24, 2.45) is 0 Å². The van der Waals surface area contributed by atoms with Crippen LogP contribution in [-0.2, 0) is 4.74 Å². The van der Waals surface area contributed by atoms with Crippen molar-refractivity contribution >= 4 is 17.3 Å². The molecule has 2 rings (SSSR count). The molecule has 1 aromatic heterocycles. The highest BCUT2D eigenvalue weighted by Crippen LogP contribution is 2.33. The fraction of sp³-hybridized carbons (Fsp3) is 0.692. The Kier molecular flexibility index (Phi) is 5.26. The molecular weight excluding hydrogens is 274 g/mol. The van der Waals surface area contributed by atoms with E-state index in [0.717, 1.165) is 19.3 Å². The van der Waals surface area contributed by atoms with Crippen LogP contribution in [0.4, 0.5) is 17.3 Å². The molecule has 8 nitrogen and oxygen atoms in total. The first-order valence-corrected chi connectivity index (χ1v) is 7.27. The highest BCUT2D eigenvalue weighted by Gasteiger charge is 2.32. The number of anilines is 2. The molecule has 2 N–H and O–H groups in total. The van der Waals surface area contributed by atoms with Crippen molar-refractivity contribution in [2.45, 2.75) is 45.3 Å². The zero-order chi connectivity index (χ0) is 15.2. The Bertz CT molecular complexity index is 491. The molecule has 1 aliphatic rings. The summed E-state index contributed by atoms with van der Waals surface area (Å²) in [6.07, 6.45) is 4.12. The molecule has 0 radical (unpaired) electrons. The van der Waals surface area contributed by atoms with Gasteiger partial charge in [-0.25, -0.2) is 9.97 Å². The van der Waals surface area contributed by atoms with E-state index in [-0.39, 0.29) is 29.5 Å². The Morgan fingerprint density at radius 1 is 1.38 bits per heavy atom. The third-order valence-electron chi connectivity index (χ3n) is 3.39. The van der Waals surface area contributed by atoms with Crippen LogP contribution in [0.5, 0.6) is 0 Å². The summed E-state index contributed by atoms with van der Waals surface area (Å²) < 4.78 is 5.48. The van der Waals surface area contributed by atoms with Crippen LogP contribution in [0.25, 0.3) is 0 Å². The van der Waals surface area contributed by atoms with Gasteiger partial charge in [-0.1, -0.05) is 6.92 Å². The number of hydrogen-bond acceptors (Lipinski definition) is 7. The van der Waals surface area contributed by atoms with Gasteiger partial charge in [-0.2, -0.15) is 0 Å². The molecule has 0 aromatic carbocycles. The number of nitrogens with zero attached hydrogens (tertiary/aromatic N) is 3. The molecule has 0 unspecified atom stereocenters. The molecule has 0 aliphatic heterocycles. The van der Waals surface area contributed by atoms with Crippen molar-refractivity contribution in [1.82, 2.24) is 9.97 Å². The topological polar surface area (TPSA) is 102 Å². The lowest BCUT2D eigenvalue weighted by atomic mass is 9.89. The second kappa shape index (κ2) is 7.16. The highest BCUT2D eigenvalue weighted by atomic mass is 16.6. The number of rotatable bonds is 8. The van der Waals surface area contributed by atoms with Crippen LogP contribution in [0.1, 0.15) is 33.1 Å². The van der Waals surface area contributed by atoms with E-state index >= 15 is 0 Å². The molecular formula is C13H21N5O3. The molecule has 1 saturated carbocycles. The summed E-state index contributed by atoms with van der Waals surface area (Å²) in [6, 6.07) is 0.161. The Labute approximate surface area is 123 Å². The molecule has 1 fully saturated rings. The molecule has 21 heavy (non-hydrogen) atoms. The minimum absolute atomic E-state index is 0.0918. The molecule has 0 bridgehead atoms. The fourth-order valence-corrected chi connectivity index (χ4v) is 2.28.